The van der Waals surface area contributed by atoms with E-state index in [0.717, 1.165) is 11.0 Å². The van der Waals surface area contributed by atoms with Crippen molar-refractivity contribution in [3.05, 3.63) is 29.3 Å². The van der Waals surface area contributed by atoms with Crippen LogP contribution in [0, 0.1) is 0 Å². The Hall–Kier alpha value is -1.57. The number of rotatable bonds is 3. The average Bonchev–Trinajstić information content (AvgIpc) is 3.47. The van der Waals surface area contributed by atoms with Crippen LogP contribution in [0.2, 0.25) is 0 Å². The molecule has 31 heavy (non-hydrogen) atoms. The second kappa shape index (κ2) is 7.78. The van der Waals surface area contributed by atoms with Gasteiger partial charge in [0.2, 0.25) is 0 Å². The summed E-state index contributed by atoms with van der Waals surface area (Å²) in [6.07, 6.45) is 1.94. The lowest BCUT2D eigenvalue weighted by Crippen LogP contribution is -2.45. The maximum absolute atomic E-state index is 12.6. The molecule has 0 spiro atoms. The Morgan fingerprint density at radius 2 is 1.68 bits per heavy atom. The average molecular weight is 429 g/mol. The van der Waals surface area contributed by atoms with Crippen LogP contribution in [0.25, 0.3) is 0 Å². The van der Waals surface area contributed by atoms with Gasteiger partial charge in [-0.3, -0.25) is 0 Å². The lowest BCUT2D eigenvalue weighted by Gasteiger charge is -2.34. The number of nitrogens with zero attached hydrogens (tertiary/aromatic N) is 1. The largest absolute Gasteiger partial charge is 0.494 e. The molecule has 3 fully saturated rings. The van der Waals surface area contributed by atoms with Gasteiger partial charge in [-0.15, -0.1) is 0 Å². The van der Waals surface area contributed by atoms with Gasteiger partial charge in [0.15, 0.2) is 0 Å². The number of amides is 1. The quantitative estimate of drug-likeness (QED) is 0.675. The zero-order valence-corrected chi connectivity index (χ0v) is 20.0. The molecule has 1 amide bonds. The molecule has 1 atom stereocenters. The lowest BCUT2D eigenvalue weighted by atomic mass is 9.76. The molecular formula is C24H36BNO5. The first-order valence-corrected chi connectivity index (χ1v) is 11.4. The molecule has 0 radical (unpaired) electrons. The molecule has 6 nitrogen and oxygen atoms in total. The van der Waals surface area contributed by atoms with Gasteiger partial charge in [-0.05, 0) is 83.8 Å². The Morgan fingerprint density at radius 3 is 2.26 bits per heavy atom. The van der Waals surface area contributed by atoms with Crippen molar-refractivity contribution < 1.29 is 23.6 Å². The minimum absolute atomic E-state index is 0.193. The van der Waals surface area contributed by atoms with E-state index < -0.39 is 12.7 Å². The van der Waals surface area contributed by atoms with Gasteiger partial charge in [-0.2, -0.15) is 0 Å². The minimum atomic E-state index is -0.513. The van der Waals surface area contributed by atoms with Crippen LogP contribution >= 0.6 is 0 Å². The van der Waals surface area contributed by atoms with Crippen LogP contribution in [-0.4, -0.2) is 54.6 Å². The molecule has 2 heterocycles. The fourth-order valence-electron chi connectivity index (χ4n) is 4.00. The second-order valence-corrected chi connectivity index (χ2v) is 11.1. The van der Waals surface area contributed by atoms with Crippen LogP contribution < -0.4 is 5.46 Å². The summed E-state index contributed by atoms with van der Waals surface area (Å²) in [7, 11) is -0.409. The zero-order valence-electron chi connectivity index (χ0n) is 20.0. The molecule has 7 heteroatoms. The van der Waals surface area contributed by atoms with Gasteiger partial charge in [0.1, 0.15) is 11.7 Å². The van der Waals surface area contributed by atoms with E-state index in [1.165, 1.54) is 18.4 Å². The van der Waals surface area contributed by atoms with Crippen molar-refractivity contribution in [3.63, 3.8) is 0 Å². The molecule has 1 aromatic carbocycles. The van der Waals surface area contributed by atoms with Gasteiger partial charge in [0, 0.05) is 6.54 Å². The summed E-state index contributed by atoms with van der Waals surface area (Å²) < 4.78 is 24.3. The molecule has 0 N–H and O–H groups in total. The fraction of sp³-hybridized carbons (Fsp3) is 0.708. The minimum Gasteiger partial charge on any atom is -0.444 e. The first-order valence-electron chi connectivity index (χ1n) is 11.4. The van der Waals surface area contributed by atoms with E-state index in [1.54, 1.807) is 4.90 Å². The summed E-state index contributed by atoms with van der Waals surface area (Å²) in [5.74, 6) is 0.590. The summed E-state index contributed by atoms with van der Waals surface area (Å²) >= 11 is 0. The van der Waals surface area contributed by atoms with E-state index in [1.807, 2.05) is 20.8 Å². The number of hydrogen-bond donors (Lipinski definition) is 0. The van der Waals surface area contributed by atoms with Gasteiger partial charge in [0.25, 0.3) is 0 Å². The summed E-state index contributed by atoms with van der Waals surface area (Å²) in [4.78, 5) is 14.4. The van der Waals surface area contributed by atoms with E-state index in [-0.39, 0.29) is 23.4 Å². The molecule has 2 aliphatic heterocycles. The number of hydrogen-bond acceptors (Lipinski definition) is 5. The van der Waals surface area contributed by atoms with Crippen LogP contribution in [0.4, 0.5) is 4.79 Å². The van der Waals surface area contributed by atoms with Crippen LogP contribution in [0.5, 0.6) is 0 Å². The van der Waals surface area contributed by atoms with Crippen molar-refractivity contribution in [2.75, 3.05) is 19.7 Å². The first kappa shape index (κ1) is 22.6. The number of morpholine rings is 1. The van der Waals surface area contributed by atoms with Crippen LogP contribution in [0.15, 0.2) is 18.2 Å². The lowest BCUT2D eigenvalue weighted by molar-refractivity contribution is -0.0432. The highest BCUT2D eigenvalue weighted by molar-refractivity contribution is 6.62. The highest BCUT2D eigenvalue weighted by atomic mass is 16.7. The molecule has 170 valence electrons. The predicted octanol–water partition coefficient (Wildman–Crippen LogP) is 4.17. The number of carbonyl (C=O) groups excluding carboxylic acids is 1. The van der Waals surface area contributed by atoms with Crippen molar-refractivity contribution in [1.29, 1.82) is 0 Å². The third-order valence-electron chi connectivity index (χ3n) is 6.66. The SMILES string of the molecule is CC(C)(C)OC(=O)N1CCOC(c2cc(B3OC(C)(C)C(C)(C)O3)cc(C3CC3)c2)C1. The highest BCUT2D eigenvalue weighted by Gasteiger charge is 2.52. The molecule has 1 saturated carbocycles. The van der Waals surface area contributed by atoms with Crippen molar-refractivity contribution >= 4 is 18.7 Å². The summed E-state index contributed by atoms with van der Waals surface area (Å²) in [5, 5.41) is 0. The smallest absolute Gasteiger partial charge is 0.444 e. The second-order valence-electron chi connectivity index (χ2n) is 11.1. The monoisotopic (exact) mass is 429 g/mol. The molecule has 0 aromatic heterocycles. The molecule has 3 aliphatic rings. The topological polar surface area (TPSA) is 57.2 Å². The Morgan fingerprint density at radius 1 is 1.06 bits per heavy atom. The van der Waals surface area contributed by atoms with Gasteiger partial charge < -0.3 is 23.7 Å². The van der Waals surface area contributed by atoms with Crippen molar-refractivity contribution in [1.82, 2.24) is 4.90 Å². The maximum Gasteiger partial charge on any atom is 0.494 e. The predicted molar refractivity (Wildman–Crippen MR) is 121 cm³/mol. The number of benzene rings is 1. The molecule has 0 bridgehead atoms. The van der Waals surface area contributed by atoms with Crippen molar-refractivity contribution in [2.24, 2.45) is 0 Å². The Bertz CT molecular complexity index is 827. The van der Waals surface area contributed by atoms with Gasteiger partial charge in [-0.1, -0.05) is 18.2 Å². The summed E-state index contributed by atoms with van der Waals surface area (Å²) in [6, 6.07) is 6.57. The Balaban J connectivity index is 1.58. The standard InChI is InChI=1S/C24H36BNO5/c1-22(2,3)29-21(27)26-10-11-28-20(15-26)18-12-17(16-8-9-16)13-19(14-18)25-30-23(4,5)24(6,7)31-25/h12-14,16,20H,8-11,15H2,1-7H3. The summed E-state index contributed by atoms with van der Waals surface area (Å²) in [6.45, 7) is 15.5. The highest BCUT2D eigenvalue weighted by Crippen LogP contribution is 2.42. The third kappa shape index (κ3) is 4.94. The van der Waals surface area contributed by atoms with Crippen LogP contribution in [0.3, 0.4) is 0 Å². The number of carbonyl (C=O) groups is 1. The van der Waals surface area contributed by atoms with Gasteiger partial charge in [-0.25, -0.2) is 4.79 Å². The van der Waals surface area contributed by atoms with E-state index in [9.17, 15) is 4.79 Å². The van der Waals surface area contributed by atoms with E-state index in [0.29, 0.717) is 25.6 Å². The third-order valence-corrected chi connectivity index (χ3v) is 6.66. The Labute approximate surface area is 186 Å². The van der Waals surface area contributed by atoms with Crippen LogP contribution in [0.1, 0.15) is 84.5 Å². The number of ether oxygens (including phenoxy) is 2. The van der Waals surface area contributed by atoms with E-state index in [4.69, 9.17) is 18.8 Å². The van der Waals surface area contributed by atoms with Gasteiger partial charge in [0.05, 0.1) is 24.4 Å². The fourth-order valence-corrected chi connectivity index (χ4v) is 4.00. The summed E-state index contributed by atoms with van der Waals surface area (Å²) in [5.41, 5.74) is 2.12. The van der Waals surface area contributed by atoms with E-state index >= 15 is 0 Å². The Kier molecular flexibility index (Phi) is 5.68. The first-order chi connectivity index (χ1) is 14.3. The van der Waals surface area contributed by atoms with Crippen LogP contribution in [-0.2, 0) is 18.8 Å². The normalized spacial score (nSPS) is 25.6. The molecule has 1 aromatic rings. The van der Waals surface area contributed by atoms with Gasteiger partial charge >= 0.3 is 13.2 Å². The molecular weight excluding hydrogens is 393 g/mol. The van der Waals surface area contributed by atoms with Crippen molar-refractivity contribution in [2.45, 2.75) is 90.1 Å². The molecule has 2 saturated heterocycles. The molecule has 1 aliphatic carbocycles. The maximum atomic E-state index is 12.6. The van der Waals surface area contributed by atoms with E-state index in [2.05, 4.69) is 45.9 Å². The van der Waals surface area contributed by atoms with Crippen molar-refractivity contribution in [3.8, 4) is 0 Å². The zero-order chi connectivity index (χ0) is 22.6. The molecule has 4 rings (SSSR count). The molecule has 1 unspecified atom stereocenters.